The van der Waals surface area contributed by atoms with Crippen LogP contribution < -0.4 is 4.74 Å². The van der Waals surface area contributed by atoms with Crippen molar-refractivity contribution in [3.63, 3.8) is 0 Å². The molecule has 0 aromatic heterocycles. The van der Waals surface area contributed by atoms with Crippen molar-refractivity contribution >= 4 is 49.9 Å². The van der Waals surface area contributed by atoms with Crippen molar-refractivity contribution in [2.24, 2.45) is 0 Å². The van der Waals surface area contributed by atoms with Crippen molar-refractivity contribution in [2.45, 2.75) is 5.88 Å². The maximum Gasteiger partial charge on any atom is 0.150 e. The van der Waals surface area contributed by atoms with Crippen LogP contribution in [0.5, 0.6) is 11.5 Å². The third-order valence-electron chi connectivity index (χ3n) is 3.23. The van der Waals surface area contributed by atoms with Crippen molar-refractivity contribution in [3.05, 3.63) is 69.7 Å². The van der Waals surface area contributed by atoms with Gasteiger partial charge in [-0.2, -0.15) is 0 Å². The number of hydrogen-bond acceptors (Lipinski definition) is 1. The van der Waals surface area contributed by atoms with E-state index in [1.807, 2.05) is 42.5 Å². The Bertz CT molecular complexity index is 802. The second-order valence-electron chi connectivity index (χ2n) is 4.56. The fourth-order valence-electron chi connectivity index (χ4n) is 2.18. The van der Waals surface area contributed by atoms with E-state index < -0.39 is 0 Å². The van der Waals surface area contributed by atoms with E-state index >= 15 is 0 Å². The van der Waals surface area contributed by atoms with Gasteiger partial charge >= 0.3 is 0 Å². The van der Waals surface area contributed by atoms with Gasteiger partial charge in [0.2, 0.25) is 0 Å². The molecule has 1 nitrogen and oxygen atoms in total. The van der Waals surface area contributed by atoms with E-state index in [-0.39, 0.29) is 0 Å². The molecule has 0 saturated carbocycles. The lowest BCUT2D eigenvalue weighted by molar-refractivity contribution is 0.476. The van der Waals surface area contributed by atoms with Gasteiger partial charge in [0, 0.05) is 5.56 Å². The molecule has 0 bridgehead atoms. The van der Waals surface area contributed by atoms with Crippen LogP contribution in [-0.4, -0.2) is 0 Å². The first-order valence-corrected chi connectivity index (χ1v) is 8.09. The van der Waals surface area contributed by atoms with Gasteiger partial charge in [0.15, 0.2) is 0 Å². The molecule has 0 unspecified atom stereocenters. The van der Waals surface area contributed by atoms with Crippen LogP contribution in [0.15, 0.2) is 59.1 Å². The van der Waals surface area contributed by atoms with Crippen molar-refractivity contribution in [1.29, 1.82) is 0 Å². The zero-order chi connectivity index (χ0) is 14.8. The Labute approximate surface area is 141 Å². The molecule has 4 heteroatoms. The largest absolute Gasteiger partial charge is 0.454 e. The molecule has 21 heavy (non-hydrogen) atoms. The van der Waals surface area contributed by atoms with E-state index in [9.17, 15) is 0 Å². The Morgan fingerprint density at radius 3 is 2.57 bits per heavy atom. The summed E-state index contributed by atoms with van der Waals surface area (Å²) in [5.74, 6) is 1.67. The summed E-state index contributed by atoms with van der Waals surface area (Å²) in [5.41, 5.74) is 0.865. The first kappa shape index (κ1) is 14.7. The maximum absolute atomic E-state index is 6.23. The molecule has 0 spiro atoms. The Hall–Kier alpha value is -1.22. The number of hydrogen-bond donors (Lipinski definition) is 0. The molecule has 0 heterocycles. The molecular formula is C17H11BrCl2O. The summed E-state index contributed by atoms with van der Waals surface area (Å²) in [7, 11) is 0. The van der Waals surface area contributed by atoms with E-state index in [4.69, 9.17) is 27.9 Å². The molecule has 0 fully saturated rings. The standard InChI is InChI=1S/C17H11BrCl2O/c18-16-13-6-2-1-4-11(13)8-9-15(16)21-17-12(10-19)5-3-7-14(17)20/h1-9H,10H2. The summed E-state index contributed by atoms with van der Waals surface area (Å²) in [4.78, 5) is 0. The number of para-hydroxylation sites is 1. The number of ether oxygens (including phenoxy) is 1. The van der Waals surface area contributed by atoms with Crippen LogP contribution in [0.1, 0.15) is 5.56 Å². The van der Waals surface area contributed by atoms with Gasteiger partial charge in [-0.3, -0.25) is 0 Å². The monoisotopic (exact) mass is 380 g/mol. The van der Waals surface area contributed by atoms with Crippen molar-refractivity contribution in [2.75, 3.05) is 0 Å². The van der Waals surface area contributed by atoms with E-state index in [1.165, 1.54) is 0 Å². The smallest absolute Gasteiger partial charge is 0.150 e. The van der Waals surface area contributed by atoms with Crippen LogP contribution >= 0.6 is 39.1 Å². The fourth-order valence-corrected chi connectivity index (χ4v) is 3.19. The number of rotatable bonds is 3. The maximum atomic E-state index is 6.23. The Kier molecular flexibility index (Phi) is 4.39. The second kappa shape index (κ2) is 6.27. The number of halogens is 3. The van der Waals surface area contributed by atoms with Gasteiger partial charge in [0.05, 0.1) is 15.4 Å². The molecule has 0 amide bonds. The highest BCUT2D eigenvalue weighted by atomic mass is 79.9. The summed E-state index contributed by atoms with van der Waals surface area (Å²) < 4.78 is 6.91. The summed E-state index contributed by atoms with van der Waals surface area (Å²) in [6.45, 7) is 0. The van der Waals surface area contributed by atoms with Crippen LogP contribution in [0, 0.1) is 0 Å². The van der Waals surface area contributed by atoms with Gasteiger partial charge in [-0.1, -0.05) is 54.1 Å². The average molecular weight is 382 g/mol. The lowest BCUT2D eigenvalue weighted by atomic mass is 10.1. The van der Waals surface area contributed by atoms with Crippen LogP contribution in [0.4, 0.5) is 0 Å². The third kappa shape index (κ3) is 2.89. The summed E-state index contributed by atoms with van der Waals surface area (Å²) in [6, 6.07) is 17.6. The molecule has 0 saturated heterocycles. The molecule has 0 radical (unpaired) electrons. The van der Waals surface area contributed by atoms with Crippen LogP contribution in [0.25, 0.3) is 10.8 Å². The topological polar surface area (TPSA) is 9.23 Å². The molecule has 3 aromatic carbocycles. The Morgan fingerprint density at radius 2 is 1.76 bits per heavy atom. The van der Waals surface area contributed by atoms with Crippen molar-refractivity contribution in [3.8, 4) is 11.5 Å². The molecule has 0 aliphatic heterocycles. The first-order valence-electron chi connectivity index (χ1n) is 6.39. The third-order valence-corrected chi connectivity index (χ3v) is 4.64. The van der Waals surface area contributed by atoms with E-state index in [1.54, 1.807) is 6.07 Å². The van der Waals surface area contributed by atoms with Crippen molar-refractivity contribution in [1.82, 2.24) is 0 Å². The summed E-state index contributed by atoms with van der Waals surface area (Å²) in [6.07, 6.45) is 0. The summed E-state index contributed by atoms with van der Waals surface area (Å²) >= 11 is 15.8. The minimum absolute atomic E-state index is 0.348. The SMILES string of the molecule is ClCc1cccc(Cl)c1Oc1ccc2ccccc2c1Br. The van der Waals surface area contributed by atoms with Crippen LogP contribution in [-0.2, 0) is 5.88 Å². The molecule has 0 atom stereocenters. The predicted molar refractivity (Wildman–Crippen MR) is 92.7 cm³/mol. The normalized spacial score (nSPS) is 10.8. The van der Waals surface area contributed by atoms with Gasteiger partial charge < -0.3 is 4.74 Å². The van der Waals surface area contributed by atoms with Crippen LogP contribution in [0.2, 0.25) is 5.02 Å². The molecule has 106 valence electrons. The molecule has 0 N–H and O–H groups in total. The Balaban J connectivity index is 2.09. The lowest BCUT2D eigenvalue weighted by Gasteiger charge is -2.13. The first-order chi connectivity index (χ1) is 10.2. The average Bonchev–Trinajstić information content (AvgIpc) is 2.52. The fraction of sp³-hybridized carbons (Fsp3) is 0.0588. The van der Waals surface area contributed by atoms with Gasteiger partial charge in [0.1, 0.15) is 11.5 Å². The van der Waals surface area contributed by atoms with Crippen LogP contribution in [0.3, 0.4) is 0 Å². The Morgan fingerprint density at radius 1 is 0.952 bits per heavy atom. The number of fused-ring (bicyclic) bond motifs is 1. The zero-order valence-electron chi connectivity index (χ0n) is 10.9. The molecule has 3 rings (SSSR count). The second-order valence-corrected chi connectivity index (χ2v) is 6.03. The molecule has 3 aromatic rings. The number of benzene rings is 3. The van der Waals surface area contributed by atoms with Gasteiger partial charge in [-0.25, -0.2) is 0 Å². The zero-order valence-corrected chi connectivity index (χ0v) is 14.0. The summed E-state index contributed by atoms with van der Waals surface area (Å²) in [5, 5.41) is 2.79. The highest BCUT2D eigenvalue weighted by Crippen LogP contribution is 2.39. The quantitative estimate of drug-likeness (QED) is 0.454. The minimum Gasteiger partial charge on any atom is -0.454 e. The highest BCUT2D eigenvalue weighted by Gasteiger charge is 2.12. The number of alkyl halides is 1. The van der Waals surface area contributed by atoms with E-state index in [0.29, 0.717) is 22.4 Å². The lowest BCUT2D eigenvalue weighted by Crippen LogP contribution is -1.92. The van der Waals surface area contributed by atoms with Gasteiger partial charge in [-0.05, 0) is 38.8 Å². The predicted octanol–water partition coefficient (Wildman–Crippen LogP) is 6.79. The van der Waals surface area contributed by atoms with Gasteiger partial charge in [-0.15, -0.1) is 11.6 Å². The van der Waals surface area contributed by atoms with E-state index in [2.05, 4.69) is 22.0 Å². The molecular weight excluding hydrogens is 371 g/mol. The molecule has 0 aliphatic rings. The van der Waals surface area contributed by atoms with Gasteiger partial charge in [0.25, 0.3) is 0 Å². The minimum atomic E-state index is 0.348. The molecule has 0 aliphatic carbocycles. The highest BCUT2D eigenvalue weighted by molar-refractivity contribution is 9.10. The van der Waals surface area contributed by atoms with Crippen molar-refractivity contribution < 1.29 is 4.74 Å². The van der Waals surface area contributed by atoms with E-state index in [0.717, 1.165) is 20.8 Å².